The van der Waals surface area contributed by atoms with Crippen LogP contribution in [0.3, 0.4) is 0 Å². The molecule has 1 fully saturated rings. The predicted molar refractivity (Wildman–Crippen MR) is 97.1 cm³/mol. The normalized spacial score (nSPS) is 14.7. The van der Waals surface area contributed by atoms with Crippen LogP contribution in [0.5, 0.6) is 0 Å². The van der Waals surface area contributed by atoms with E-state index in [4.69, 9.17) is 16.3 Å². The van der Waals surface area contributed by atoms with Gasteiger partial charge >= 0.3 is 0 Å². The molecule has 26 heavy (non-hydrogen) atoms. The number of fused-ring (bicyclic) bond motifs is 1. The Morgan fingerprint density at radius 1 is 1.12 bits per heavy atom. The van der Waals surface area contributed by atoms with E-state index in [1.165, 1.54) is 21.3 Å². The Bertz CT molecular complexity index is 1070. The van der Waals surface area contributed by atoms with Crippen molar-refractivity contribution in [1.29, 1.82) is 0 Å². The van der Waals surface area contributed by atoms with Gasteiger partial charge in [0.1, 0.15) is 5.65 Å². The summed E-state index contributed by atoms with van der Waals surface area (Å²) >= 11 is 5.91. The van der Waals surface area contributed by atoms with Crippen molar-refractivity contribution in [2.24, 2.45) is 0 Å². The van der Waals surface area contributed by atoms with Crippen LogP contribution in [0.4, 0.5) is 5.69 Å². The first kappa shape index (κ1) is 16.7. The topological polar surface area (TPSA) is 81.7 Å². The molecular weight excluding hydrogens is 358 g/mol. The third-order valence-corrected chi connectivity index (χ3v) is 4.44. The number of hydrogen-bond donors (Lipinski definition) is 0. The smallest absolute Gasteiger partial charge is 0.269 e. The van der Waals surface area contributed by atoms with Gasteiger partial charge in [-0.15, -0.1) is 0 Å². The maximum Gasteiger partial charge on any atom is 0.269 e. The third-order valence-electron chi connectivity index (χ3n) is 4.22. The summed E-state index contributed by atoms with van der Waals surface area (Å²) in [6, 6.07) is 6.25. The van der Waals surface area contributed by atoms with Gasteiger partial charge in [0.15, 0.2) is 0 Å². The number of ether oxygens (including phenoxy) is 1. The number of halogens is 1. The molecule has 0 amide bonds. The van der Waals surface area contributed by atoms with Crippen molar-refractivity contribution in [3.8, 4) is 0 Å². The zero-order valence-corrected chi connectivity index (χ0v) is 14.6. The molecule has 4 rings (SSSR count). The number of anilines is 1. The van der Waals surface area contributed by atoms with Gasteiger partial charge < -0.3 is 9.64 Å². The van der Waals surface area contributed by atoms with Crippen LogP contribution in [-0.2, 0) is 11.3 Å². The molecular formula is C17H16ClN5O3. The molecule has 1 saturated heterocycles. The molecule has 0 radical (unpaired) electrons. The van der Waals surface area contributed by atoms with E-state index in [2.05, 4.69) is 15.0 Å². The Kier molecular flexibility index (Phi) is 4.44. The molecule has 0 N–H and O–H groups in total. The van der Waals surface area contributed by atoms with Gasteiger partial charge in [0, 0.05) is 31.4 Å². The lowest BCUT2D eigenvalue weighted by Gasteiger charge is -2.28. The van der Waals surface area contributed by atoms with Crippen molar-refractivity contribution in [2.45, 2.75) is 6.54 Å². The second-order valence-corrected chi connectivity index (χ2v) is 6.41. The molecule has 1 aliphatic rings. The molecule has 0 atom stereocenters. The van der Waals surface area contributed by atoms with E-state index in [1.54, 1.807) is 24.4 Å². The van der Waals surface area contributed by atoms with Crippen LogP contribution in [0.15, 0.2) is 46.2 Å². The number of rotatable bonds is 3. The average Bonchev–Trinajstić information content (AvgIpc) is 2.65. The molecule has 134 valence electrons. The monoisotopic (exact) mass is 373 g/mol. The Morgan fingerprint density at radius 2 is 1.92 bits per heavy atom. The summed E-state index contributed by atoms with van der Waals surface area (Å²) in [5.74, 6) is 0. The van der Waals surface area contributed by atoms with Crippen molar-refractivity contribution in [3.63, 3.8) is 0 Å². The van der Waals surface area contributed by atoms with Crippen molar-refractivity contribution < 1.29 is 4.74 Å². The summed E-state index contributed by atoms with van der Waals surface area (Å²) in [6.45, 7) is 2.86. The summed E-state index contributed by atoms with van der Waals surface area (Å²) in [5, 5.41) is 4.67. The number of hydrogen-bond acceptors (Lipinski definition) is 6. The van der Waals surface area contributed by atoms with E-state index >= 15 is 0 Å². The van der Waals surface area contributed by atoms with Gasteiger partial charge in [-0.2, -0.15) is 5.10 Å². The Morgan fingerprint density at radius 3 is 2.69 bits per heavy atom. The van der Waals surface area contributed by atoms with Crippen LogP contribution in [0.1, 0.15) is 5.69 Å². The van der Waals surface area contributed by atoms with Crippen LogP contribution in [0.2, 0.25) is 5.02 Å². The maximum absolute atomic E-state index is 12.4. The molecule has 3 aromatic heterocycles. The van der Waals surface area contributed by atoms with Crippen molar-refractivity contribution >= 4 is 22.9 Å². The highest BCUT2D eigenvalue weighted by atomic mass is 35.5. The lowest BCUT2D eigenvalue weighted by molar-refractivity contribution is 0.122. The summed E-state index contributed by atoms with van der Waals surface area (Å²) in [4.78, 5) is 31.1. The van der Waals surface area contributed by atoms with Crippen LogP contribution >= 0.6 is 11.6 Å². The molecule has 0 unspecified atom stereocenters. The first-order valence-electron chi connectivity index (χ1n) is 8.18. The quantitative estimate of drug-likeness (QED) is 0.675. The van der Waals surface area contributed by atoms with E-state index in [-0.39, 0.29) is 17.7 Å². The van der Waals surface area contributed by atoms with Crippen LogP contribution < -0.4 is 16.0 Å². The largest absolute Gasteiger partial charge is 0.378 e. The van der Waals surface area contributed by atoms with Crippen LogP contribution in [0.25, 0.3) is 5.65 Å². The summed E-state index contributed by atoms with van der Waals surface area (Å²) in [7, 11) is 0. The Balaban J connectivity index is 1.63. The minimum absolute atomic E-state index is 0.122. The highest BCUT2D eigenvalue weighted by molar-refractivity contribution is 6.30. The van der Waals surface area contributed by atoms with E-state index in [1.807, 2.05) is 0 Å². The fraction of sp³-hybridized carbons (Fsp3) is 0.294. The van der Waals surface area contributed by atoms with E-state index in [0.29, 0.717) is 29.6 Å². The fourth-order valence-electron chi connectivity index (χ4n) is 2.90. The minimum atomic E-state index is -0.259. The zero-order chi connectivity index (χ0) is 18.1. The molecule has 0 aliphatic carbocycles. The van der Waals surface area contributed by atoms with Crippen LogP contribution in [0, 0.1) is 0 Å². The first-order chi connectivity index (χ1) is 12.6. The van der Waals surface area contributed by atoms with Gasteiger partial charge in [-0.3, -0.25) is 14.0 Å². The Labute approximate surface area is 153 Å². The Hall–Kier alpha value is -2.71. The summed E-state index contributed by atoms with van der Waals surface area (Å²) in [5.41, 5.74) is 1.20. The summed E-state index contributed by atoms with van der Waals surface area (Å²) in [6.07, 6.45) is 3.16. The molecule has 4 heterocycles. The lowest BCUT2D eigenvalue weighted by Crippen LogP contribution is -2.37. The van der Waals surface area contributed by atoms with Gasteiger partial charge in [-0.25, -0.2) is 9.67 Å². The van der Waals surface area contributed by atoms with E-state index < -0.39 is 0 Å². The summed E-state index contributed by atoms with van der Waals surface area (Å²) < 4.78 is 7.97. The van der Waals surface area contributed by atoms with Gasteiger partial charge in [-0.05, 0) is 12.1 Å². The van der Waals surface area contributed by atoms with Gasteiger partial charge in [0.05, 0.1) is 42.4 Å². The average molecular weight is 374 g/mol. The number of aromatic nitrogens is 4. The lowest BCUT2D eigenvalue weighted by atomic mass is 10.3. The van der Waals surface area contributed by atoms with Crippen molar-refractivity contribution in [2.75, 3.05) is 31.2 Å². The van der Waals surface area contributed by atoms with E-state index in [0.717, 1.165) is 18.8 Å². The second-order valence-electron chi connectivity index (χ2n) is 5.97. The number of pyridine rings is 1. The number of nitrogens with zero attached hydrogens (tertiary/aromatic N) is 5. The predicted octanol–water partition coefficient (Wildman–Crippen LogP) is 0.789. The minimum Gasteiger partial charge on any atom is -0.378 e. The van der Waals surface area contributed by atoms with Crippen molar-refractivity contribution in [1.82, 2.24) is 19.2 Å². The molecule has 0 saturated carbocycles. The van der Waals surface area contributed by atoms with Crippen LogP contribution in [-0.4, -0.2) is 45.5 Å². The standard InChI is InChI=1S/C17H16ClN5O3/c18-12-1-2-15-20-13(7-16(24)22(15)10-12)11-23-17(25)8-14(9-19-23)21-3-5-26-6-4-21/h1-2,7-10H,3-6,11H2. The van der Waals surface area contributed by atoms with Gasteiger partial charge in [0.2, 0.25) is 0 Å². The highest BCUT2D eigenvalue weighted by Crippen LogP contribution is 2.12. The molecule has 0 aromatic carbocycles. The van der Waals surface area contributed by atoms with Gasteiger partial charge in [-0.1, -0.05) is 11.6 Å². The number of morpholine rings is 1. The van der Waals surface area contributed by atoms with Gasteiger partial charge in [0.25, 0.3) is 11.1 Å². The SMILES string of the molecule is O=c1cc(N2CCOCC2)cnn1Cc1cc(=O)n2cc(Cl)ccc2n1. The maximum atomic E-state index is 12.4. The van der Waals surface area contributed by atoms with E-state index in [9.17, 15) is 9.59 Å². The third kappa shape index (κ3) is 3.33. The molecule has 0 spiro atoms. The molecule has 8 nitrogen and oxygen atoms in total. The van der Waals surface area contributed by atoms with Crippen molar-refractivity contribution in [3.05, 3.63) is 68.1 Å². The zero-order valence-electron chi connectivity index (χ0n) is 13.8. The molecule has 1 aliphatic heterocycles. The molecule has 3 aromatic rings. The first-order valence-corrected chi connectivity index (χ1v) is 8.56. The second kappa shape index (κ2) is 6.89. The molecule has 9 heteroatoms. The fourth-order valence-corrected chi connectivity index (χ4v) is 3.06. The highest BCUT2D eigenvalue weighted by Gasteiger charge is 2.13. The molecule has 0 bridgehead atoms.